The predicted octanol–water partition coefficient (Wildman–Crippen LogP) is 0.0950. The number of aromatic nitrogens is 2. The van der Waals surface area contributed by atoms with Gasteiger partial charge in [-0.25, -0.2) is 0 Å². The first-order valence-electron chi connectivity index (χ1n) is 7.27. The number of amides is 1. The van der Waals surface area contributed by atoms with Crippen molar-refractivity contribution in [1.82, 2.24) is 15.1 Å². The molecule has 4 unspecified atom stereocenters. The van der Waals surface area contributed by atoms with Crippen LogP contribution in [-0.2, 0) is 4.74 Å². The van der Waals surface area contributed by atoms with Crippen LogP contribution in [0.15, 0.2) is 12.1 Å². The molecular formula is C14H21N5O2. The standard InChI is InChI=1S/C14H21N5O2/c1-19(2)14(20)9-5-6-10(18-17-9)16-12-11(15)8-4-3-7-21-13(8)12/h5-6,8,11-13H,3-4,7,15H2,1-2H3,(H,16,18). The third kappa shape index (κ3) is 2.58. The smallest absolute Gasteiger partial charge is 0.273 e. The number of anilines is 1. The molecule has 3 N–H and O–H groups in total. The van der Waals surface area contributed by atoms with Crippen LogP contribution in [0.5, 0.6) is 0 Å². The van der Waals surface area contributed by atoms with Crippen LogP contribution in [0.2, 0.25) is 0 Å². The van der Waals surface area contributed by atoms with Crippen LogP contribution in [0.1, 0.15) is 23.3 Å². The predicted molar refractivity (Wildman–Crippen MR) is 77.9 cm³/mol. The van der Waals surface area contributed by atoms with E-state index in [1.807, 2.05) is 0 Å². The number of rotatable bonds is 3. The molecule has 2 fully saturated rings. The van der Waals surface area contributed by atoms with E-state index in [1.54, 1.807) is 26.2 Å². The van der Waals surface area contributed by atoms with Gasteiger partial charge in [0.15, 0.2) is 5.69 Å². The van der Waals surface area contributed by atoms with Crippen molar-refractivity contribution in [3.63, 3.8) is 0 Å². The number of carbonyl (C=O) groups excluding carboxylic acids is 1. The van der Waals surface area contributed by atoms with Gasteiger partial charge in [0.2, 0.25) is 0 Å². The first-order chi connectivity index (χ1) is 10.1. The first kappa shape index (κ1) is 14.2. The molecule has 2 aliphatic rings. The van der Waals surface area contributed by atoms with Crippen molar-refractivity contribution < 1.29 is 9.53 Å². The molecule has 7 nitrogen and oxygen atoms in total. The van der Waals surface area contributed by atoms with Crippen LogP contribution < -0.4 is 11.1 Å². The summed E-state index contributed by atoms with van der Waals surface area (Å²) in [7, 11) is 3.37. The van der Waals surface area contributed by atoms with Crippen molar-refractivity contribution in [2.24, 2.45) is 11.7 Å². The molecular weight excluding hydrogens is 270 g/mol. The van der Waals surface area contributed by atoms with Crippen LogP contribution >= 0.6 is 0 Å². The fourth-order valence-corrected chi connectivity index (χ4v) is 3.05. The summed E-state index contributed by atoms with van der Waals surface area (Å²) in [4.78, 5) is 13.2. The summed E-state index contributed by atoms with van der Waals surface area (Å²) >= 11 is 0. The molecule has 4 atom stereocenters. The summed E-state index contributed by atoms with van der Waals surface area (Å²) in [5.74, 6) is 0.905. The molecule has 114 valence electrons. The van der Waals surface area contributed by atoms with Crippen molar-refractivity contribution in [3.05, 3.63) is 17.8 Å². The van der Waals surface area contributed by atoms with Crippen molar-refractivity contribution in [2.45, 2.75) is 31.0 Å². The summed E-state index contributed by atoms with van der Waals surface area (Å²) < 4.78 is 5.77. The highest BCUT2D eigenvalue weighted by Gasteiger charge is 2.50. The Hall–Kier alpha value is -1.73. The lowest BCUT2D eigenvalue weighted by Crippen LogP contribution is -2.69. The molecule has 1 aromatic heterocycles. The molecule has 3 rings (SSSR count). The Balaban J connectivity index is 1.64. The molecule has 0 radical (unpaired) electrons. The minimum atomic E-state index is -0.162. The molecule has 21 heavy (non-hydrogen) atoms. The van der Waals surface area contributed by atoms with Crippen molar-refractivity contribution in [3.8, 4) is 0 Å². The number of nitrogens with zero attached hydrogens (tertiary/aromatic N) is 3. The van der Waals surface area contributed by atoms with Gasteiger partial charge in [-0.05, 0) is 25.0 Å². The fraction of sp³-hybridized carbons (Fsp3) is 0.643. The van der Waals surface area contributed by atoms with Gasteiger partial charge in [0, 0.05) is 32.7 Å². The Morgan fingerprint density at radius 2 is 2.24 bits per heavy atom. The second kappa shape index (κ2) is 5.57. The summed E-state index contributed by atoms with van der Waals surface area (Å²) in [5.41, 5.74) is 6.52. The van der Waals surface area contributed by atoms with E-state index >= 15 is 0 Å². The molecule has 1 saturated heterocycles. The van der Waals surface area contributed by atoms with Gasteiger partial charge in [-0.15, -0.1) is 10.2 Å². The second-order valence-electron chi connectivity index (χ2n) is 5.89. The molecule has 0 spiro atoms. The zero-order valence-electron chi connectivity index (χ0n) is 12.3. The highest BCUT2D eigenvalue weighted by atomic mass is 16.5. The lowest BCUT2D eigenvalue weighted by Gasteiger charge is -2.52. The average molecular weight is 291 g/mol. The normalized spacial score (nSPS) is 31.0. The number of hydrogen-bond donors (Lipinski definition) is 2. The van der Waals surface area contributed by atoms with Gasteiger partial charge < -0.3 is 20.7 Å². The van der Waals surface area contributed by atoms with Crippen molar-refractivity contribution in [2.75, 3.05) is 26.0 Å². The number of carbonyl (C=O) groups is 1. The summed E-state index contributed by atoms with van der Waals surface area (Å²) in [6.07, 6.45) is 2.38. The van der Waals surface area contributed by atoms with E-state index in [0.717, 1.165) is 19.4 Å². The second-order valence-corrected chi connectivity index (χ2v) is 5.89. The van der Waals surface area contributed by atoms with Gasteiger partial charge in [0.25, 0.3) is 5.91 Å². The molecule has 1 aliphatic heterocycles. The van der Waals surface area contributed by atoms with E-state index in [9.17, 15) is 4.79 Å². The Labute approximate surface area is 123 Å². The molecule has 1 aliphatic carbocycles. The zero-order chi connectivity index (χ0) is 15.0. The van der Waals surface area contributed by atoms with Crippen LogP contribution in [0, 0.1) is 5.92 Å². The van der Waals surface area contributed by atoms with E-state index in [-0.39, 0.29) is 24.1 Å². The van der Waals surface area contributed by atoms with Gasteiger partial charge in [-0.2, -0.15) is 0 Å². The Bertz CT molecular complexity index is 519. The van der Waals surface area contributed by atoms with E-state index in [1.165, 1.54) is 4.90 Å². The molecule has 2 heterocycles. The highest BCUT2D eigenvalue weighted by Crippen LogP contribution is 2.38. The number of ether oxygens (including phenoxy) is 1. The van der Waals surface area contributed by atoms with Crippen molar-refractivity contribution >= 4 is 11.7 Å². The minimum absolute atomic E-state index is 0.0694. The van der Waals surface area contributed by atoms with E-state index < -0.39 is 0 Å². The average Bonchev–Trinajstić information content (AvgIpc) is 2.52. The van der Waals surface area contributed by atoms with Crippen LogP contribution in [0.25, 0.3) is 0 Å². The maximum atomic E-state index is 11.7. The largest absolute Gasteiger partial charge is 0.376 e. The number of nitrogens with two attached hydrogens (primary N) is 1. The van der Waals surface area contributed by atoms with Crippen LogP contribution in [0.4, 0.5) is 5.82 Å². The van der Waals surface area contributed by atoms with Gasteiger partial charge in [0.05, 0.1) is 12.1 Å². The van der Waals surface area contributed by atoms with E-state index in [0.29, 0.717) is 17.4 Å². The maximum absolute atomic E-state index is 11.7. The van der Waals surface area contributed by atoms with Gasteiger partial charge in [0.1, 0.15) is 5.82 Å². The Morgan fingerprint density at radius 3 is 2.90 bits per heavy atom. The van der Waals surface area contributed by atoms with E-state index in [2.05, 4.69) is 15.5 Å². The zero-order valence-corrected chi connectivity index (χ0v) is 12.3. The monoisotopic (exact) mass is 291 g/mol. The minimum Gasteiger partial charge on any atom is -0.376 e. The molecule has 0 aromatic carbocycles. The summed E-state index contributed by atoms with van der Waals surface area (Å²) in [6, 6.07) is 3.58. The number of nitrogens with one attached hydrogen (secondary N) is 1. The third-order valence-electron chi connectivity index (χ3n) is 4.28. The van der Waals surface area contributed by atoms with E-state index in [4.69, 9.17) is 10.5 Å². The number of hydrogen-bond acceptors (Lipinski definition) is 6. The SMILES string of the molecule is CN(C)C(=O)c1ccc(NC2C(N)C3CCCOC32)nn1. The van der Waals surface area contributed by atoms with Crippen molar-refractivity contribution in [1.29, 1.82) is 0 Å². The van der Waals surface area contributed by atoms with Crippen LogP contribution in [0.3, 0.4) is 0 Å². The van der Waals surface area contributed by atoms with Gasteiger partial charge in [-0.1, -0.05) is 0 Å². The quantitative estimate of drug-likeness (QED) is 0.820. The Kier molecular flexibility index (Phi) is 3.77. The van der Waals surface area contributed by atoms with Gasteiger partial charge in [-0.3, -0.25) is 4.79 Å². The first-order valence-corrected chi connectivity index (χ1v) is 7.27. The summed E-state index contributed by atoms with van der Waals surface area (Å²) in [5, 5.41) is 11.3. The molecule has 7 heteroatoms. The molecule has 1 saturated carbocycles. The fourth-order valence-electron chi connectivity index (χ4n) is 3.05. The Morgan fingerprint density at radius 1 is 1.43 bits per heavy atom. The lowest BCUT2D eigenvalue weighted by atomic mass is 9.68. The lowest BCUT2D eigenvalue weighted by molar-refractivity contribution is -0.104. The topological polar surface area (TPSA) is 93.4 Å². The summed E-state index contributed by atoms with van der Waals surface area (Å²) in [6.45, 7) is 0.800. The highest BCUT2D eigenvalue weighted by molar-refractivity contribution is 5.91. The third-order valence-corrected chi connectivity index (χ3v) is 4.28. The molecule has 1 amide bonds. The number of fused-ring (bicyclic) bond motifs is 1. The van der Waals surface area contributed by atoms with Gasteiger partial charge >= 0.3 is 0 Å². The maximum Gasteiger partial charge on any atom is 0.273 e. The van der Waals surface area contributed by atoms with Crippen LogP contribution in [-0.4, -0.2) is 59.9 Å². The molecule has 1 aromatic rings. The molecule has 0 bridgehead atoms.